The Labute approximate surface area is 129 Å². The van der Waals surface area contributed by atoms with Gasteiger partial charge in [-0.1, -0.05) is 43.1 Å². The summed E-state index contributed by atoms with van der Waals surface area (Å²) in [4.78, 5) is 23.6. The highest BCUT2D eigenvalue weighted by Crippen LogP contribution is 2.38. The number of carbonyl (C=O) groups is 2. The van der Waals surface area contributed by atoms with Crippen LogP contribution in [0.2, 0.25) is 5.02 Å². The SMILES string of the molecule is CCC1CC(C(=O)O)C(C(=O)NCc2ccccc2Cl)C1. The molecule has 1 aliphatic rings. The molecule has 3 atom stereocenters. The van der Waals surface area contributed by atoms with Crippen molar-refractivity contribution >= 4 is 23.5 Å². The maximum atomic E-state index is 12.3. The molecule has 0 bridgehead atoms. The lowest BCUT2D eigenvalue weighted by molar-refractivity contribution is -0.146. The zero-order chi connectivity index (χ0) is 15.4. The van der Waals surface area contributed by atoms with Gasteiger partial charge in [-0.2, -0.15) is 0 Å². The summed E-state index contributed by atoms with van der Waals surface area (Å²) in [6, 6.07) is 7.31. The second-order valence-electron chi connectivity index (χ2n) is 5.61. The second-order valence-corrected chi connectivity index (χ2v) is 6.01. The highest BCUT2D eigenvalue weighted by molar-refractivity contribution is 6.31. The van der Waals surface area contributed by atoms with Gasteiger partial charge in [0, 0.05) is 11.6 Å². The van der Waals surface area contributed by atoms with Crippen molar-refractivity contribution in [2.45, 2.75) is 32.7 Å². The van der Waals surface area contributed by atoms with Gasteiger partial charge in [-0.25, -0.2) is 0 Å². The number of carboxylic acid groups (broad SMARTS) is 1. The van der Waals surface area contributed by atoms with Crippen molar-refractivity contribution in [3.8, 4) is 0 Å². The minimum absolute atomic E-state index is 0.182. The van der Waals surface area contributed by atoms with Crippen molar-refractivity contribution in [3.05, 3.63) is 34.9 Å². The predicted molar refractivity (Wildman–Crippen MR) is 80.9 cm³/mol. The Balaban J connectivity index is 1.99. The zero-order valence-corrected chi connectivity index (χ0v) is 12.8. The molecule has 1 aliphatic carbocycles. The number of nitrogens with one attached hydrogen (secondary N) is 1. The van der Waals surface area contributed by atoms with Crippen molar-refractivity contribution in [2.24, 2.45) is 17.8 Å². The lowest BCUT2D eigenvalue weighted by Crippen LogP contribution is -2.35. The molecular formula is C16H20ClNO3. The van der Waals surface area contributed by atoms with Crippen molar-refractivity contribution in [1.82, 2.24) is 5.32 Å². The summed E-state index contributed by atoms with van der Waals surface area (Å²) in [5, 5.41) is 12.7. The number of halogens is 1. The topological polar surface area (TPSA) is 66.4 Å². The number of rotatable bonds is 5. The quantitative estimate of drug-likeness (QED) is 0.878. The molecule has 1 fully saturated rings. The van der Waals surface area contributed by atoms with Crippen LogP contribution in [0.25, 0.3) is 0 Å². The summed E-state index contributed by atoms with van der Waals surface area (Å²) >= 11 is 6.05. The Kier molecular flexibility index (Phi) is 5.23. The molecule has 0 spiro atoms. The fraction of sp³-hybridized carbons (Fsp3) is 0.500. The number of hydrogen-bond donors (Lipinski definition) is 2. The minimum Gasteiger partial charge on any atom is -0.481 e. The number of aliphatic carboxylic acids is 1. The average molecular weight is 310 g/mol. The number of hydrogen-bond acceptors (Lipinski definition) is 2. The third kappa shape index (κ3) is 3.76. The first-order chi connectivity index (χ1) is 10.0. The van der Waals surface area contributed by atoms with Crippen LogP contribution < -0.4 is 5.32 Å². The van der Waals surface area contributed by atoms with E-state index in [4.69, 9.17) is 11.6 Å². The summed E-state index contributed by atoms with van der Waals surface area (Å²) in [6.07, 6.45) is 2.16. The van der Waals surface area contributed by atoms with E-state index in [-0.39, 0.29) is 5.91 Å². The van der Waals surface area contributed by atoms with E-state index in [1.807, 2.05) is 25.1 Å². The molecule has 2 rings (SSSR count). The molecule has 1 aromatic rings. The minimum atomic E-state index is -0.871. The first-order valence-electron chi connectivity index (χ1n) is 7.26. The van der Waals surface area contributed by atoms with Gasteiger partial charge < -0.3 is 10.4 Å². The highest BCUT2D eigenvalue weighted by Gasteiger charge is 2.41. The first-order valence-corrected chi connectivity index (χ1v) is 7.64. The lowest BCUT2D eigenvalue weighted by Gasteiger charge is -2.16. The van der Waals surface area contributed by atoms with Crippen molar-refractivity contribution in [2.75, 3.05) is 0 Å². The number of amides is 1. The Bertz CT molecular complexity index is 532. The molecule has 21 heavy (non-hydrogen) atoms. The number of benzene rings is 1. The molecule has 114 valence electrons. The summed E-state index contributed by atoms with van der Waals surface area (Å²) in [7, 11) is 0. The van der Waals surface area contributed by atoms with E-state index >= 15 is 0 Å². The van der Waals surface area contributed by atoms with E-state index in [9.17, 15) is 14.7 Å². The van der Waals surface area contributed by atoms with Crippen molar-refractivity contribution in [1.29, 1.82) is 0 Å². The van der Waals surface area contributed by atoms with Crippen LogP contribution in [0.4, 0.5) is 0 Å². The van der Waals surface area contributed by atoms with Crippen molar-refractivity contribution < 1.29 is 14.7 Å². The van der Waals surface area contributed by atoms with Crippen LogP contribution in [-0.2, 0) is 16.1 Å². The van der Waals surface area contributed by atoms with Crippen LogP contribution in [0.5, 0.6) is 0 Å². The molecule has 0 aromatic heterocycles. The molecule has 0 aliphatic heterocycles. The average Bonchev–Trinajstić information content (AvgIpc) is 2.90. The normalized spacial score (nSPS) is 24.8. The molecule has 2 N–H and O–H groups in total. The zero-order valence-electron chi connectivity index (χ0n) is 12.0. The fourth-order valence-electron chi connectivity index (χ4n) is 2.99. The van der Waals surface area contributed by atoms with Gasteiger partial charge in [0.1, 0.15) is 0 Å². The molecular weight excluding hydrogens is 290 g/mol. The van der Waals surface area contributed by atoms with Crippen LogP contribution in [0.15, 0.2) is 24.3 Å². The lowest BCUT2D eigenvalue weighted by atomic mass is 9.95. The van der Waals surface area contributed by atoms with Crippen LogP contribution in [0.3, 0.4) is 0 Å². The molecule has 5 heteroatoms. The van der Waals surface area contributed by atoms with Gasteiger partial charge in [-0.3, -0.25) is 9.59 Å². The van der Waals surface area contributed by atoms with Crippen LogP contribution >= 0.6 is 11.6 Å². The molecule has 3 unspecified atom stereocenters. The number of carboxylic acids is 1. The van der Waals surface area contributed by atoms with E-state index in [0.717, 1.165) is 12.0 Å². The van der Waals surface area contributed by atoms with Gasteiger partial charge in [0.05, 0.1) is 11.8 Å². The maximum Gasteiger partial charge on any atom is 0.307 e. The Morgan fingerprint density at radius 3 is 2.57 bits per heavy atom. The first kappa shape index (κ1) is 15.8. The summed E-state index contributed by atoms with van der Waals surface area (Å²) < 4.78 is 0. The van der Waals surface area contributed by atoms with Gasteiger partial charge in [0.25, 0.3) is 0 Å². The van der Waals surface area contributed by atoms with Gasteiger partial charge in [-0.05, 0) is 30.4 Å². The van der Waals surface area contributed by atoms with Gasteiger partial charge in [0.15, 0.2) is 0 Å². The highest BCUT2D eigenvalue weighted by atomic mass is 35.5. The molecule has 0 radical (unpaired) electrons. The van der Waals surface area contributed by atoms with E-state index in [0.29, 0.717) is 30.3 Å². The third-order valence-electron chi connectivity index (χ3n) is 4.30. The molecule has 1 amide bonds. The molecule has 1 saturated carbocycles. The Morgan fingerprint density at radius 1 is 1.29 bits per heavy atom. The molecule has 4 nitrogen and oxygen atoms in total. The predicted octanol–water partition coefficient (Wildman–Crippen LogP) is 3.09. The van der Waals surface area contributed by atoms with Crippen LogP contribution in [0.1, 0.15) is 31.7 Å². The molecule has 0 saturated heterocycles. The van der Waals surface area contributed by atoms with E-state index in [1.54, 1.807) is 6.07 Å². The maximum absolute atomic E-state index is 12.3. The van der Waals surface area contributed by atoms with E-state index in [1.165, 1.54) is 0 Å². The summed E-state index contributed by atoms with van der Waals surface area (Å²) in [5.74, 6) is -1.74. The van der Waals surface area contributed by atoms with Gasteiger partial charge in [-0.15, -0.1) is 0 Å². The van der Waals surface area contributed by atoms with Gasteiger partial charge >= 0.3 is 5.97 Å². The monoisotopic (exact) mass is 309 g/mol. The Hall–Kier alpha value is -1.55. The summed E-state index contributed by atoms with van der Waals surface area (Å²) in [5.41, 5.74) is 0.837. The third-order valence-corrected chi connectivity index (χ3v) is 4.67. The van der Waals surface area contributed by atoms with Gasteiger partial charge in [0.2, 0.25) is 5.91 Å². The fourth-order valence-corrected chi connectivity index (χ4v) is 3.20. The van der Waals surface area contributed by atoms with E-state index in [2.05, 4.69) is 5.32 Å². The number of carbonyl (C=O) groups excluding carboxylic acids is 1. The molecule has 0 heterocycles. The Morgan fingerprint density at radius 2 is 1.95 bits per heavy atom. The molecule has 1 aromatic carbocycles. The standard InChI is InChI=1S/C16H20ClNO3/c1-2-10-7-12(13(8-10)16(20)21)15(19)18-9-11-5-3-4-6-14(11)17/h3-6,10,12-13H,2,7-9H2,1H3,(H,18,19)(H,20,21). The van der Waals surface area contributed by atoms with Crippen molar-refractivity contribution in [3.63, 3.8) is 0 Å². The smallest absolute Gasteiger partial charge is 0.307 e. The van der Waals surface area contributed by atoms with Crippen LogP contribution in [-0.4, -0.2) is 17.0 Å². The van der Waals surface area contributed by atoms with E-state index < -0.39 is 17.8 Å². The largest absolute Gasteiger partial charge is 0.481 e. The second kappa shape index (κ2) is 6.94. The van der Waals surface area contributed by atoms with Crippen LogP contribution in [0, 0.1) is 17.8 Å². The summed E-state index contributed by atoms with van der Waals surface area (Å²) in [6.45, 7) is 2.37.